The first-order valence-corrected chi connectivity index (χ1v) is 9.04. The molecule has 0 aliphatic heterocycles. The van der Waals surface area contributed by atoms with E-state index in [4.69, 9.17) is 27.9 Å². The maximum Gasteiger partial charge on any atom is 0.265 e. The molecule has 1 aliphatic rings. The smallest absolute Gasteiger partial charge is 0.265 e. The van der Waals surface area contributed by atoms with E-state index < -0.39 is 6.10 Å². The van der Waals surface area contributed by atoms with Crippen molar-refractivity contribution in [2.45, 2.75) is 32.3 Å². The molecule has 1 amide bonds. The van der Waals surface area contributed by atoms with Crippen LogP contribution in [0.3, 0.4) is 0 Å². The summed E-state index contributed by atoms with van der Waals surface area (Å²) in [6.45, 7) is 1.63. The van der Waals surface area contributed by atoms with Gasteiger partial charge in [0.2, 0.25) is 0 Å². The van der Waals surface area contributed by atoms with E-state index in [0.717, 1.165) is 24.8 Å². The minimum atomic E-state index is -0.757. The second-order valence-corrected chi connectivity index (χ2v) is 7.45. The number of aryl methyl sites for hydroxylation is 1. The number of ether oxygens (including phenoxy) is 1. The molecular formula is C17H14Cl2N2O2S. The van der Waals surface area contributed by atoms with Gasteiger partial charge in [-0.15, -0.1) is 11.3 Å². The van der Waals surface area contributed by atoms with Gasteiger partial charge in [-0.05, 0) is 49.9 Å². The van der Waals surface area contributed by atoms with Gasteiger partial charge in [0.25, 0.3) is 5.91 Å². The average Bonchev–Trinajstić information content (AvgIpc) is 3.10. The van der Waals surface area contributed by atoms with Crippen molar-refractivity contribution >= 4 is 45.4 Å². The van der Waals surface area contributed by atoms with Crippen LogP contribution in [0.4, 0.5) is 5.00 Å². The normalized spacial score (nSPS) is 13.9. The summed E-state index contributed by atoms with van der Waals surface area (Å²) in [7, 11) is 0. The molecule has 1 N–H and O–H groups in total. The quantitative estimate of drug-likeness (QED) is 0.826. The Hall–Kier alpha value is -1.74. The van der Waals surface area contributed by atoms with Crippen LogP contribution in [0.15, 0.2) is 18.2 Å². The van der Waals surface area contributed by atoms with Crippen LogP contribution in [0.25, 0.3) is 0 Å². The number of hydrogen-bond acceptors (Lipinski definition) is 4. The highest BCUT2D eigenvalue weighted by Gasteiger charge is 2.25. The fourth-order valence-electron chi connectivity index (χ4n) is 2.64. The molecule has 0 saturated heterocycles. The Morgan fingerprint density at radius 1 is 1.42 bits per heavy atom. The maximum atomic E-state index is 12.4. The molecular weight excluding hydrogens is 367 g/mol. The minimum Gasteiger partial charge on any atom is -0.479 e. The third-order valence-electron chi connectivity index (χ3n) is 3.84. The Morgan fingerprint density at radius 2 is 2.21 bits per heavy atom. The first-order chi connectivity index (χ1) is 11.5. The van der Waals surface area contributed by atoms with Crippen molar-refractivity contribution in [1.82, 2.24) is 0 Å². The van der Waals surface area contributed by atoms with Crippen molar-refractivity contribution < 1.29 is 9.53 Å². The lowest BCUT2D eigenvalue weighted by Crippen LogP contribution is -2.30. The highest BCUT2D eigenvalue weighted by atomic mass is 35.5. The first kappa shape index (κ1) is 17.1. The van der Waals surface area contributed by atoms with Crippen LogP contribution >= 0.6 is 34.5 Å². The van der Waals surface area contributed by atoms with E-state index in [0.29, 0.717) is 26.4 Å². The summed E-state index contributed by atoms with van der Waals surface area (Å²) in [6.07, 6.45) is 2.18. The molecule has 1 atom stereocenters. The molecule has 124 valence electrons. The molecule has 0 saturated carbocycles. The van der Waals surface area contributed by atoms with E-state index in [9.17, 15) is 10.1 Å². The summed E-state index contributed by atoms with van der Waals surface area (Å²) in [5.74, 6) is 0.0651. The molecule has 0 spiro atoms. The second kappa shape index (κ2) is 7.02. The lowest BCUT2D eigenvalue weighted by atomic mass is 10.1. The largest absolute Gasteiger partial charge is 0.479 e. The number of anilines is 1. The van der Waals surface area contributed by atoms with Crippen molar-refractivity contribution in [1.29, 1.82) is 5.26 Å². The third kappa shape index (κ3) is 3.36. The van der Waals surface area contributed by atoms with E-state index >= 15 is 0 Å². The number of carbonyl (C=O) groups is 1. The highest BCUT2D eigenvalue weighted by Crippen LogP contribution is 2.38. The van der Waals surface area contributed by atoms with Crippen LogP contribution in [-0.4, -0.2) is 12.0 Å². The molecule has 1 aromatic carbocycles. The third-order valence-corrected chi connectivity index (χ3v) is 5.57. The topological polar surface area (TPSA) is 62.1 Å². The summed E-state index contributed by atoms with van der Waals surface area (Å²) in [5, 5.41) is 13.6. The number of halogens is 2. The van der Waals surface area contributed by atoms with Crippen LogP contribution in [0, 0.1) is 11.3 Å². The lowest BCUT2D eigenvalue weighted by molar-refractivity contribution is -0.122. The monoisotopic (exact) mass is 380 g/mol. The van der Waals surface area contributed by atoms with Gasteiger partial charge < -0.3 is 10.1 Å². The summed E-state index contributed by atoms with van der Waals surface area (Å²) in [6, 6.07) is 7.02. The van der Waals surface area contributed by atoms with Crippen LogP contribution in [0.1, 0.15) is 29.3 Å². The van der Waals surface area contributed by atoms with Crippen LogP contribution in [-0.2, 0) is 17.6 Å². The number of carbonyl (C=O) groups excluding carboxylic acids is 1. The number of nitriles is 1. The van der Waals surface area contributed by atoms with E-state index in [1.165, 1.54) is 16.2 Å². The van der Waals surface area contributed by atoms with Crippen LogP contribution < -0.4 is 10.1 Å². The molecule has 24 heavy (non-hydrogen) atoms. The van der Waals surface area contributed by atoms with Gasteiger partial charge >= 0.3 is 0 Å². The molecule has 0 bridgehead atoms. The summed E-state index contributed by atoms with van der Waals surface area (Å²) in [5.41, 5.74) is 1.66. The number of benzene rings is 1. The van der Waals surface area contributed by atoms with Gasteiger partial charge in [0.05, 0.1) is 10.6 Å². The summed E-state index contributed by atoms with van der Waals surface area (Å²) < 4.78 is 5.60. The zero-order chi connectivity index (χ0) is 17.3. The lowest BCUT2D eigenvalue weighted by Gasteiger charge is -2.15. The number of nitrogens with one attached hydrogen (secondary N) is 1. The Balaban J connectivity index is 1.72. The zero-order valence-corrected chi connectivity index (χ0v) is 15.2. The summed E-state index contributed by atoms with van der Waals surface area (Å²) >= 11 is 13.4. The van der Waals surface area contributed by atoms with Gasteiger partial charge in [-0.2, -0.15) is 5.26 Å². The molecule has 7 heteroatoms. The maximum absolute atomic E-state index is 12.4. The highest BCUT2D eigenvalue weighted by molar-refractivity contribution is 7.16. The average molecular weight is 381 g/mol. The van der Waals surface area contributed by atoms with Gasteiger partial charge in [-0.3, -0.25) is 4.79 Å². The predicted molar refractivity (Wildman–Crippen MR) is 96.2 cm³/mol. The fraction of sp³-hybridized carbons (Fsp3) is 0.294. The number of nitrogens with zero attached hydrogens (tertiary/aromatic N) is 1. The Bertz CT molecular complexity index is 842. The van der Waals surface area contributed by atoms with Crippen LogP contribution in [0.5, 0.6) is 5.75 Å². The number of amides is 1. The number of rotatable bonds is 4. The van der Waals surface area contributed by atoms with Crippen molar-refractivity contribution in [3.63, 3.8) is 0 Å². The Labute approximate surface area is 154 Å². The molecule has 0 radical (unpaired) electrons. The zero-order valence-electron chi connectivity index (χ0n) is 12.9. The van der Waals surface area contributed by atoms with Gasteiger partial charge in [-0.25, -0.2) is 0 Å². The minimum absolute atomic E-state index is 0.322. The van der Waals surface area contributed by atoms with Gasteiger partial charge in [0, 0.05) is 9.90 Å². The molecule has 1 aliphatic carbocycles. The number of hydrogen-bond donors (Lipinski definition) is 1. The van der Waals surface area contributed by atoms with Gasteiger partial charge in [0.1, 0.15) is 16.8 Å². The standard InChI is InChI=1S/C17H14Cl2N2O2S/c1-9(23-14-6-5-10(18)7-13(14)19)16(22)21-17-12(8-20)11-3-2-4-15(11)24-17/h5-7,9H,2-4H2,1H3,(H,21,22). The van der Waals surface area contributed by atoms with Crippen molar-refractivity contribution in [2.24, 2.45) is 0 Å². The van der Waals surface area contributed by atoms with Gasteiger partial charge in [-0.1, -0.05) is 23.2 Å². The fourth-order valence-corrected chi connectivity index (χ4v) is 4.33. The molecule has 1 unspecified atom stereocenters. The Morgan fingerprint density at radius 3 is 2.92 bits per heavy atom. The number of fused-ring (bicyclic) bond motifs is 1. The Kier molecular flexibility index (Phi) is 5.00. The molecule has 2 aromatic rings. The molecule has 0 fully saturated rings. The number of thiophene rings is 1. The molecule has 1 heterocycles. The van der Waals surface area contributed by atoms with Crippen molar-refractivity contribution in [3.8, 4) is 11.8 Å². The molecule has 3 rings (SSSR count). The molecule has 4 nitrogen and oxygen atoms in total. The second-order valence-electron chi connectivity index (χ2n) is 5.50. The van der Waals surface area contributed by atoms with E-state index in [1.54, 1.807) is 25.1 Å². The van der Waals surface area contributed by atoms with Crippen molar-refractivity contribution in [3.05, 3.63) is 44.2 Å². The van der Waals surface area contributed by atoms with Crippen molar-refractivity contribution in [2.75, 3.05) is 5.32 Å². The van der Waals surface area contributed by atoms with Crippen LogP contribution in [0.2, 0.25) is 10.0 Å². The first-order valence-electron chi connectivity index (χ1n) is 7.46. The summed E-state index contributed by atoms with van der Waals surface area (Å²) in [4.78, 5) is 13.6. The predicted octanol–water partition coefficient (Wildman–Crippen LogP) is 4.82. The van der Waals surface area contributed by atoms with E-state index in [1.807, 2.05) is 0 Å². The molecule has 1 aromatic heterocycles. The van der Waals surface area contributed by atoms with E-state index in [-0.39, 0.29) is 5.91 Å². The SMILES string of the molecule is CC(Oc1ccc(Cl)cc1Cl)C(=O)Nc1sc2c(c1C#N)CCC2. The van der Waals surface area contributed by atoms with Gasteiger partial charge in [0.15, 0.2) is 6.10 Å². The van der Waals surface area contributed by atoms with E-state index in [2.05, 4.69) is 11.4 Å².